The molecule has 0 aliphatic carbocycles. The number of halogens is 4. The van der Waals surface area contributed by atoms with Crippen molar-refractivity contribution in [3.05, 3.63) is 51.8 Å². The van der Waals surface area contributed by atoms with Crippen LogP contribution >= 0.6 is 23.2 Å². The Kier molecular flexibility index (Phi) is 3.92. The highest BCUT2D eigenvalue weighted by molar-refractivity contribution is 6.34. The van der Waals surface area contributed by atoms with Gasteiger partial charge >= 0.3 is 0 Å². The van der Waals surface area contributed by atoms with Crippen LogP contribution in [0.25, 0.3) is 0 Å². The number of carbonyl (C=O) groups excluding carboxylic acids is 1. The quantitative estimate of drug-likeness (QED) is 0.926. The number of rotatable bonds is 2. The molecule has 98 valence electrons. The van der Waals surface area contributed by atoms with E-state index in [0.29, 0.717) is 6.07 Å². The van der Waals surface area contributed by atoms with Gasteiger partial charge in [0.25, 0.3) is 5.91 Å². The molecule has 1 amide bonds. The Morgan fingerprint density at radius 1 is 1.05 bits per heavy atom. The van der Waals surface area contributed by atoms with Gasteiger partial charge in [-0.3, -0.25) is 4.79 Å². The summed E-state index contributed by atoms with van der Waals surface area (Å²) in [7, 11) is 0. The van der Waals surface area contributed by atoms with Crippen molar-refractivity contribution >= 4 is 34.8 Å². The summed E-state index contributed by atoms with van der Waals surface area (Å²) in [5.41, 5.74) is -0.0992. The van der Waals surface area contributed by atoms with Gasteiger partial charge in [-0.1, -0.05) is 23.2 Å². The third-order valence-corrected chi connectivity index (χ3v) is 2.55. The highest BCUT2D eigenvalue weighted by Crippen LogP contribution is 2.18. The van der Waals surface area contributed by atoms with Crippen LogP contribution in [0.15, 0.2) is 24.3 Å². The molecule has 0 radical (unpaired) electrons. The lowest BCUT2D eigenvalue weighted by molar-refractivity contribution is 0.102. The van der Waals surface area contributed by atoms with Crippen LogP contribution in [-0.2, 0) is 0 Å². The van der Waals surface area contributed by atoms with E-state index in [2.05, 4.69) is 15.5 Å². The molecule has 1 heterocycles. The molecule has 1 aromatic heterocycles. The van der Waals surface area contributed by atoms with Crippen LogP contribution in [0.3, 0.4) is 0 Å². The second-order valence-corrected chi connectivity index (χ2v) is 4.23. The van der Waals surface area contributed by atoms with Crippen molar-refractivity contribution in [2.45, 2.75) is 0 Å². The second-order valence-electron chi connectivity index (χ2n) is 3.48. The molecule has 0 aliphatic rings. The van der Waals surface area contributed by atoms with Crippen molar-refractivity contribution < 1.29 is 13.6 Å². The topological polar surface area (TPSA) is 54.9 Å². The van der Waals surface area contributed by atoms with E-state index in [1.54, 1.807) is 0 Å². The van der Waals surface area contributed by atoms with Crippen molar-refractivity contribution in [2.75, 3.05) is 5.32 Å². The summed E-state index contributed by atoms with van der Waals surface area (Å²) in [5.74, 6) is -2.33. The maximum Gasteiger partial charge on any atom is 0.258 e. The van der Waals surface area contributed by atoms with Gasteiger partial charge in [0.15, 0.2) is 10.3 Å². The third kappa shape index (κ3) is 3.36. The van der Waals surface area contributed by atoms with Crippen LogP contribution in [0.5, 0.6) is 0 Å². The van der Waals surface area contributed by atoms with Crippen LogP contribution < -0.4 is 5.32 Å². The van der Waals surface area contributed by atoms with Crippen LogP contribution in [0.1, 0.15) is 10.4 Å². The molecule has 0 aliphatic heterocycles. The lowest BCUT2D eigenvalue weighted by atomic mass is 10.2. The third-order valence-electron chi connectivity index (χ3n) is 2.08. The fourth-order valence-corrected chi connectivity index (χ4v) is 1.66. The average Bonchev–Trinajstić information content (AvgIpc) is 2.30. The number of hydrogen-bond donors (Lipinski definition) is 1. The predicted octanol–water partition coefficient (Wildman–Crippen LogP) is 3.31. The van der Waals surface area contributed by atoms with Crippen molar-refractivity contribution in [2.24, 2.45) is 0 Å². The first-order valence-corrected chi connectivity index (χ1v) is 5.67. The molecule has 0 spiro atoms. The molecule has 1 N–H and O–H groups in total. The highest BCUT2D eigenvalue weighted by atomic mass is 35.5. The molecule has 0 atom stereocenters. The maximum atomic E-state index is 13.0. The fourth-order valence-electron chi connectivity index (χ4n) is 1.34. The van der Waals surface area contributed by atoms with E-state index in [-0.39, 0.29) is 21.6 Å². The number of hydrogen-bond acceptors (Lipinski definition) is 3. The van der Waals surface area contributed by atoms with Crippen molar-refractivity contribution in [3.8, 4) is 0 Å². The molecule has 4 nitrogen and oxygen atoms in total. The Bertz CT molecular complexity index is 632. The van der Waals surface area contributed by atoms with Crippen molar-refractivity contribution in [3.63, 3.8) is 0 Å². The summed E-state index contributed by atoms with van der Waals surface area (Å²) in [6.45, 7) is 0. The molecule has 2 aromatic rings. The molecule has 1 aromatic carbocycles. The molecule has 0 fully saturated rings. The van der Waals surface area contributed by atoms with E-state index >= 15 is 0 Å². The molecule has 8 heteroatoms. The highest BCUT2D eigenvalue weighted by Gasteiger charge is 2.14. The zero-order valence-corrected chi connectivity index (χ0v) is 10.6. The Hall–Kier alpha value is -1.79. The molecule has 0 saturated heterocycles. The normalized spacial score (nSPS) is 10.3. The number of carbonyl (C=O) groups is 1. The first kappa shape index (κ1) is 13.6. The van der Waals surface area contributed by atoms with Gasteiger partial charge in [-0.2, -0.15) is 0 Å². The first-order chi connectivity index (χ1) is 8.95. The lowest BCUT2D eigenvalue weighted by Gasteiger charge is -2.06. The van der Waals surface area contributed by atoms with E-state index in [0.717, 1.165) is 12.1 Å². The SMILES string of the molecule is O=C(Nc1cc(F)cc(F)c1)c1cc(Cl)nnc1Cl. The molecule has 0 saturated carbocycles. The molecule has 0 bridgehead atoms. The van der Waals surface area contributed by atoms with Crippen LogP contribution in [0.2, 0.25) is 10.3 Å². The minimum Gasteiger partial charge on any atom is -0.322 e. The first-order valence-electron chi connectivity index (χ1n) is 4.92. The second kappa shape index (κ2) is 5.46. The Balaban J connectivity index is 2.28. The maximum absolute atomic E-state index is 13.0. The number of anilines is 1. The summed E-state index contributed by atoms with van der Waals surface area (Å²) in [4.78, 5) is 11.8. The van der Waals surface area contributed by atoms with E-state index in [1.807, 2.05) is 0 Å². The molecule has 2 rings (SSSR count). The van der Waals surface area contributed by atoms with Crippen LogP contribution in [0.4, 0.5) is 14.5 Å². The molecular weight excluding hydrogens is 299 g/mol. The van der Waals surface area contributed by atoms with Gasteiger partial charge in [-0.05, 0) is 18.2 Å². The Morgan fingerprint density at radius 3 is 2.32 bits per heavy atom. The molecule has 19 heavy (non-hydrogen) atoms. The van der Waals surface area contributed by atoms with Crippen LogP contribution in [-0.4, -0.2) is 16.1 Å². The predicted molar refractivity (Wildman–Crippen MR) is 66.4 cm³/mol. The lowest BCUT2D eigenvalue weighted by Crippen LogP contribution is -2.13. The standard InChI is InChI=1S/C11H5Cl2F2N3O/c12-9-4-8(10(13)18-17-9)11(19)16-7-2-5(14)1-6(15)3-7/h1-4H,(H,16,19). The number of nitrogens with zero attached hydrogens (tertiary/aromatic N) is 2. The van der Waals surface area contributed by atoms with E-state index in [1.165, 1.54) is 6.07 Å². The molecular formula is C11H5Cl2F2N3O. The van der Waals surface area contributed by atoms with Gasteiger partial charge in [0.2, 0.25) is 0 Å². The van der Waals surface area contributed by atoms with Gasteiger partial charge in [-0.25, -0.2) is 8.78 Å². The summed E-state index contributed by atoms with van der Waals surface area (Å²) in [6, 6.07) is 3.81. The Labute approximate surface area is 116 Å². The van der Waals surface area contributed by atoms with Crippen LogP contribution in [0, 0.1) is 11.6 Å². The van der Waals surface area contributed by atoms with E-state index < -0.39 is 17.5 Å². The number of nitrogens with one attached hydrogen (secondary N) is 1. The summed E-state index contributed by atoms with van der Waals surface area (Å²) >= 11 is 11.3. The monoisotopic (exact) mass is 303 g/mol. The summed E-state index contributed by atoms with van der Waals surface area (Å²) < 4.78 is 25.9. The Morgan fingerprint density at radius 2 is 1.68 bits per heavy atom. The number of benzene rings is 1. The van der Waals surface area contributed by atoms with Crippen molar-refractivity contribution in [1.82, 2.24) is 10.2 Å². The fraction of sp³-hybridized carbons (Fsp3) is 0. The summed E-state index contributed by atoms with van der Waals surface area (Å²) in [5, 5.41) is 8.97. The average molecular weight is 304 g/mol. The molecule has 0 unspecified atom stereocenters. The zero-order chi connectivity index (χ0) is 14.0. The summed E-state index contributed by atoms with van der Waals surface area (Å²) in [6.07, 6.45) is 0. The van der Waals surface area contributed by atoms with Gasteiger partial charge in [0.1, 0.15) is 11.6 Å². The van der Waals surface area contributed by atoms with Gasteiger partial charge in [-0.15, -0.1) is 10.2 Å². The van der Waals surface area contributed by atoms with E-state index in [9.17, 15) is 13.6 Å². The minimum atomic E-state index is -0.813. The number of amides is 1. The largest absolute Gasteiger partial charge is 0.322 e. The zero-order valence-electron chi connectivity index (χ0n) is 9.12. The van der Waals surface area contributed by atoms with Gasteiger partial charge < -0.3 is 5.32 Å². The van der Waals surface area contributed by atoms with Gasteiger partial charge in [0, 0.05) is 11.8 Å². The number of aromatic nitrogens is 2. The minimum absolute atomic E-state index is 0.0278. The smallest absolute Gasteiger partial charge is 0.258 e. The van der Waals surface area contributed by atoms with Crippen molar-refractivity contribution in [1.29, 1.82) is 0 Å². The van der Waals surface area contributed by atoms with Gasteiger partial charge in [0.05, 0.1) is 5.56 Å². The van der Waals surface area contributed by atoms with E-state index in [4.69, 9.17) is 23.2 Å².